The standard InChI is InChI=1S/C19H22F5N3O5S2/c1-7(2)4-8-11(18(32)34-6-9(25)16(30)26-5-10(28)29)13(15(20)21)27-14(19(22,23)24)12(8)17(31)33-3/h7,9,15H,4-6,25H2,1-3H3,(H,26,30)(H,28,29)/t9-/m0/s1. The lowest BCUT2D eigenvalue weighted by Crippen LogP contribution is -2.44. The number of aliphatic carboxylic acids is 1. The number of amides is 1. The van der Waals surface area contributed by atoms with Gasteiger partial charge in [0.25, 0.3) is 6.43 Å². The number of thioether (sulfide) groups is 2. The number of nitrogens with two attached hydrogens (primary N) is 1. The number of carbonyl (C=O) groups is 4. The van der Waals surface area contributed by atoms with E-state index in [-0.39, 0.29) is 18.2 Å². The van der Waals surface area contributed by atoms with Crippen LogP contribution in [0, 0.1) is 5.92 Å². The van der Waals surface area contributed by atoms with Gasteiger partial charge in [0, 0.05) is 5.75 Å². The maximum absolute atomic E-state index is 13.8. The zero-order valence-electron chi connectivity index (χ0n) is 18.2. The summed E-state index contributed by atoms with van der Waals surface area (Å²) in [7, 11) is 0. The first-order valence-electron chi connectivity index (χ1n) is 9.54. The molecule has 34 heavy (non-hydrogen) atoms. The van der Waals surface area contributed by atoms with Crippen molar-refractivity contribution in [3.63, 3.8) is 0 Å². The van der Waals surface area contributed by atoms with E-state index >= 15 is 0 Å². The molecule has 0 aliphatic rings. The number of aromatic nitrogens is 1. The number of halogens is 5. The molecule has 4 N–H and O–H groups in total. The molecular weight excluding hydrogens is 509 g/mol. The van der Waals surface area contributed by atoms with Crippen LogP contribution in [0.25, 0.3) is 0 Å². The SMILES string of the molecule is CSC(=O)c1c(C(F)(F)F)nc(C(F)F)c(C(=O)SC[C@H](N)C(=O)NCC(=O)O)c1CC(C)C. The summed E-state index contributed by atoms with van der Waals surface area (Å²) in [4.78, 5) is 50.6. The highest BCUT2D eigenvalue weighted by Crippen LogP contribution is 2.39. The molecule has 1 amide bonds. The molecule has 190 valence electrons. The molecule has 0 fully saturated rings. The Morgan fingerprint density at radius 1 is 1.12 bits per heavy atom. The summed E-state index contributed by atoms with van der Waals surface area (Å²) >= 11 is 0.678. The van der Waals surface area contributed by atoms with Crippen molar-refractivity contribution in [2.45, 2.75) is 38.9 Å². The van der Waals surface area contributed by atoms with Gasteiger partial charge in [-0.1, -0.05) is 37.4 Å². The quantitative estimate of drug-likeness (QED) is 0.389. The monoisotopic (exact) mass is 531 g/mol. The van der Waals surface area contributed by atoms with Gasteiger partial charge >= 0.3 is 12.1 Å². The summed E-state index contributed by atoms with van der Waals surface area (Å²) in [6.07, 6.45) is -7.92. The van der Waals surface area contributed by atoms with Gasteiger partial charge in [-0.25, -0.2) is 13.8 Å². The normalized spacial score (nSPS) is 12.7. The number of carboxylic acid groups (broad SMARTS) is 1. The fourth-order valence-corrected chi connectivity index (χ4v) is 4.07. The van der Waals surface area contributed by atoms with Crippen molar-refractivity contribution < 1.29 is 46.2 Å². The van der Waals surface area contributed by atoms with E-state index in [1.54, 1.807) is 13.8 Å². The van der Waals surface area contributed by atoms with Crippen LogP contribution in [-0.4, -0.2) is 56.8 Å². The molecule has 0 saturated heterocycles. The number of nitrogens with one attached hydrogen (secondary N) is 1. The number of pyridine rings is 1. The molecule has 1 aromatic heterocycles. The summed E-state index contributed by atoms with van der Waals surface area (Å²) in [6.45, 7) is 2.38. The summed E-state index contributed by atoms with van der Waals surface area (Å²) in [5, 5.41) is 8.29. The number of rotatable bonds is 10. The zero-order chi connectivity index (χ0) is 26.4. The summed E-state index contributed by atoms with van der Waals surface area (Å²) in [6, 6.07) is -1.42. The predicted octanol–water partition coefficient (Wildman–Crippen LogP) is 3.14. The Labute approximate surface area is 199 Å². The minimum atomic E-state index is -5.24. The second kappa shape index (κ2) is 12.4. The molecule has 1 atom stereocenters. The third kappa shape index (κ3) is 7.91. The highest BCUT2D eigenvalue weighted by atomic mass is 32.2. The summed E-state index contributed by atoms with van der Waals surface area (Å²) in [5.41, 5.74) is 0.0398. The van der Waals surface area contributed by atoms with Gasteiger partial charge in [0.15, 0.2) is 5.69 Å². The Bertz CT molecular complexity index is 957. The topological polar surface area (TPSA) is 139 Å². The van der Waals surface area contributed by atoms with E-state index in [9.17, 15) is 41.1 Å². The molecule has 0 radical (unpaired) electrons. The Kier molecular flexibility index (Phi) is 10.9. The minimum Gasteiger partial charge on any atom is -0.480 e. The molecule has 1 aromatic rings. The Balaban J connectivity index is 3.59. The second-order valence-electron chi connectivity index (χ2n) is 7.28. The molecule has 0 aromatic carbocycles. The van der Waals surface area contributed by atoms with Crippen LogP contribution in [0.15, 0.2) is 0 Å². The average Bonchev–Trinajstić information content (AvgIpc) is 2.72. The smallest absolute Gasteiger partial charge is 0.434 e. The molecule has 8 nitrogen and oxygen atoms in total. The van der Waals surface area contributed by atoms with Crippen molar-refractivity contribution in [3.05, 3.63) is 28.1 Å². The van der Waals surface area contributed by atoms with Gasteiger partial charge < -0.3 is 16.2 Å². The summed E-state index contributed by atoms with van der Waals surface area (Å²) < 4.78 is 68.5. The number of carbonyl (C=O) groups excluding carboxylic acids is 3. The molecule has 15 heteroatoms. The first-order valence-corrected chi connectivity index (χ1v) is 11.7. The van der Waals surface area contributed by atoms with Crippen molar-refractivity contribution in [3.8, 4) is 0 Å². The Hall–Kier alpha value is -2.26. The van der Waals surface area contributed by atoms with Crippen LogP contribution in [0.1, 0.15) is 57.9 Å². The fraction of sp³-hybridized carbons (Fsp3) is 0.526. The van der Waals surface area contributed by atoms with Gasteiger partial charge in [-0.3, -0.25) is 19.2 Å². The van der Waals surface area contributed by atoms with Gasteiger partial charge in [-0.05, 0) is 24.2 Å². The molecule has 0 spiro atoms. The van der Waals surface area contributed by atoms with E-state index in [0.717, 1.165) is 0 Å². The highest BCUT2D eigenvalue weighted by Gasteiger charge is 2.42. The van der Waals surface area contributed by atoms with Crippen LogP contribution in [0.5, 0.6) is 0 Å². The van der Waals surface area contributed by atoms with E-state index in [0.29, 0.717) is 11.8 Å². The van der Waals surface area contributed by atoms with E-state index in [1.807, 2.05) is 5.32 Å². The highest BCUT2D eigenvalue weighted by molar-refractivity contribution is 8.14. The first kappa shape index (κ1) is 29.8. The largest absolute Gasteiger partial charge is 0.480 e. The molecule has 0 bridgehead atoms. The van der Waals surface area contributed by atoms with Gasteiger partial charge in [-0.15, -0.1) is 0 Å². The van der Waals surface area contributed by atoms with E-state index in [1.165, 1.54) is 6.26 Å². The van der Waals surface area contributed by atoms with Gasteiger partial charge in [0.05, 0.1) is 17.2 Å². The van der Waals surface area contributed by atoms with Crippen LogP contribution >= 0.6 is 23.5 Å². The zero-order valence-corrected chi connectivity index (χ0v) is 19.8. The lowest BCUT2D eigenvalue weighted by molar-refractivity contribution is -0.141. The lowest BCUT2D eigenvalue weighted by atomic mass is 9.92. The van der Waals surface area contributed by atoms with Gasteiger partial charge in [-0.2, -0.15) is 13.2 Å². The fourth-order valence-electron chi connectivity index (χ4n) is 2.79. The summed E-state index contributed by atoms with van der Waals surface area (Å²) in [5.74, 6) is -3.22. The van der Waals surface area contributed by atoms with Crippen molar-refractivity contribution in [1.82, 2.24) is 10.3 Å². The van der Waals surface area contributed by atoms with Crippen LogP contribution in [0.2, 0.25) is 0 Å². The van der Waals surface area contributed by atoms with Crippen LogP contribution in [0.3, 0.4) is 0 Å². The minimum absolute atomic E-state index is 0.270. The second-order valence-corrected chi connectivity index (χ2v) is 9.05. The average molecular weight is 532 g/mol. The number of nitrogens with zero attached hydrogens (tertiary/aromatic N) is 1. The lowest BCUT2D eigenvalue weighted by Gasteiger charge is -2.22. The molecule has 1 heterocycles. The van der Waals surface area contributed by atoms with Crippen LogP contribution < -0.4 is 11.1 Å². The molecule has 1 rings (SSSR count). The van der Waals surface area contributed by atoms with Crippen LogP contribution in [0.4, 0.5) is 22.0 Å². The Morgan fingerprint density at radius 3 is 2.15 bits per heavy atom. The number of hydrogen-bond acceptors (Lipinski definition) is 8. The number of alkyl halides is 5. The third-order valence-electron chi connectivity index (χ3n) is 4.15. The number of carboxylic acids is 1. The molecule has 0 saturated carbocycles. The first-order chi connectivity index (χ1) is 15.6. The van der Waals surface area contributed by atoms with Crippen molar-refractivity contribution in [2.24, 2.45) is 11.7 Å². The van der Waals surface area contributed by atoms with Gasteiger partial charge in [0.2, 0.25) is 16.1 Å². The van der Waals surface area contributed by atoms with Crippen molar-refractivity contribution in [1.29, 1.82) is 0 Å². The van der Waals surface area contributed by atoms with Crippen molar-refractivity contribution >= 4 is 45.6 Å². The van der Waals surface area contributed by atoms with Crippen molar-refractivity contribution in [2.75, 3.05) is 18.6 Å². The number of hydrogen-bond donors (Lipinski definition) is 3. The molecular formula is C19H22F5N3O5S2. The third-order valence-corrected chi connectivity index (χ3v) is 5.72. The maximum Gasteiger partial charge on any atom is 0.434 e. The van der Waals surface area contributed by atoms with Gasteiger partial charge in [0.1, 0.15) is 12.2 Å². The predicted molar refractivity (Wildman–Crippen MR) is 116 cm³/mol. The van der Waals surface area contributed by atoms with Crippen LogP contribution in [-0.2, 0) is 22.2 Å². The van der Waals surface area contributed by atoms with E-state index in [4.69, 9.17) is 10.8 Å². The Morgan fingerprint density at radius 2 is 1.71 bits per heavy atom. The molecule has 0 unspecified atom stereocenters. The molecule has 0 aliphatic carbocycles. The van der Waals surface area contributed by atoms with E-state index < -0.39 is 87.0 Å². The molecule has 0 aliphatic heterocycles. The van der Waals surface area contributed by atoms with E-state index in [2.05, 4.69) is 4.98 Å². The maximum atomic E-state index is 13.8.